The van der Waals surface area contributed by atoms with Crippen molar-refractivity contribution in [3.05, 3.63) is 81.5 Å². The summed E-state index contributed by atoms with van der Waals surface area (Å²) in [6, 6.07) is 15.3. The number of aromatic nitrogens is 3. The van der Waals surface area contributed by atoms with Gasteiger partial charge in [-0.05, 0) is 56.2 Å². The minimum Gasteiger partial charge on any atom is -0.360 e. The zero-order valence-corrected chi connectivity index (χ0v) is 16.2. The molecule has 0 atom stereocenters. The van der Waals surface area contributed by atoms with Gasteiger partial charge in [0.25, 0.3) is 5.56 Å². The van der Waals surface area contributed by atoms with Crippen molar-refractivity contribution in [2.75, 3.05) is 0 Å². The molecule has 5 nitrogen and oxygen atoms in total. The number of thioether (sulfide) groups is 1. The van der Waals surface area contributed by atoms with Gasteiger partial charge in [0, 0.05) is 6.07 Å². The lowest BCUT2D eigenvalue weighted by atomic mass is 10.1. The summed E-state index contributed by atoms with van der Waals surface area (Å²) in [6.07, 6.45) is 0. The van der Waals surface area contributed by atoms with Gasteiger partial charge in [0.2, 0.25) is 0 Å². The van der Waals surface area contributed by atoms with Gasteiger partial charge in [-0.1, -0.05) is 35.1 Å². The van der Waals surface area contributed by atoms with E-state index in [1.165, 1.54) is 17.3 Å². The standard InChI is InChI=1S/C21H19N3O2S/c1-13-8-9-16(10-14(13)2)24-20(25)18-6-4-5-7-19(18)22-21(24)27-12-17-11-15(3)23-26-17/h4-11H,12H2,1-3H3. The van der Waals surface area contributed by atoms with E-state index in [9.17, 15) is 4.79 Å². The monoisotopic (exact) mass is 377 g/mol. The highest BCUT2D eigenvalue weighted by molar-refractivity contribution is 7.98. The van der Waals surface area contributed by atoms with Crippen molar-refractivity contribution in [3.63, 3.8) is 0 Å². The van der Waals surface area contributed by atoms with Crippen LogP contribution in [0.2, 0.25) is 0 Å². The van der Waals surface area contributed by atoms with Gasteiger partial charge in [0.1, 0.15) is 5.76 Å². The molecule has 4 rings (SSSR count). The maximum absolute atomic E-state index is 13.2. The van der Waals surface area contributed by atoms with E-state index in [1.54, 1.807) is 4.57 Å². The summed E-state index contributed by atoms with van der Waals surface area (Å²) in [4.78, 5) is 18.0. The molecule has 6 heteroatoms. The second kappa shape index (κ2) is 7.04. The molecule has 0 aliphatic carbocycles. The van der Waals surface area contributed by atoms with Crippen molar-refractivity contribution < 1.29 is 4.52 Å². The molecule has 2 aromatic carbocycles. The molecule has 2 heterocycles. The SMILES string of the molecule is Cc1cc(CSc2nc3ccccc3c(=O)n2-c2ccc(C)c(C)c2)on1. The molecule has 0 unspecified atom stereocenters. The second-order valence-electron chi connectivity index (χ2n) is 6.54. The Morgan fingerprint density at radius 3 is 2.59 bits per heavy atom. The average molecular weight is 377 g/mol. The van der Waals surface area contributed by atoms with Gasteiger partial charge >= 0.3 is 0 Å². The van der Waals surface area contributed by atoms with Crippen LogP contribution in [0.25, 0.3) is 16.6 Å². The third-order valence-electron chi connectivity index (χ3n) is 4.51. The fourth-order valence-corrected chi connectivity index (χ4v) is 3.81. The quantitative estimate of drug-likeness (QED) is 0.384. The highest BCUT2D eigenvalue weighted by Crippen LogP contribution is 2.25. The first-order chi connectivity index (χ1) is 13.0. The minimum atomic E-state index is -0.0693. The van der Waals surface area contributed by atoms with E-state index in [-0.39, 0.29) is 5.56 Å². The molecule has 0 saturated heterocycles. The van der Waals surface area contributed by atoms with E-state index in [1.807, 2.05) is 62.4 Å². The number of benzene rings is 2. The lowest BCUT2D eigenvalue weighted by Gasteiger charge is -2.14. The Balaban J connectivity index is 1.86. The molecule has 136 valence electrons. The van der Waals surface area contributed by atoms with Crippen LogP contribution < -0.4 is 5.56 Å². The Hall–Kier alpha value is -2.86. The van der Waals surface area contributed by atoms with Crippen molar-refractivity contribution in [2.24, 2.45) is 0 Å². The maximum atomic E-state index is 13.2. The summed E-state index contributed by atoms with van der Waals surface area (Å²) in [5, 5.41) is 5.16. The first-order valence-corrected chi connectivity index (χ1v) is 9.66. The Bertz CT molecular complexity index is 1190. The van der Waals surface area contributed by atoms with E-state index in [4.69, 9.17) is 9.51 Å². The van der Waals surface area contributed by atoms with Crippen LogP contribution in [0, 0.1) is 20.8 Å². The maximum Gasteiger partial charge on any atom is 0.266 e. The third-order valence-corrected chi connectivity index (χ3v) is 5.47. The zero-order valence-electron chi connectivity index (χ0n) is 15.4. The number of para-hydroxylation sites is 1. The number of nitrogens with zero attached hydrogens (tertiary/aromatic N) is 3. The van der Waals surface area contributed by atoms with Crippen LogP contribution >= 0.6 is 11.8 Å². The summed E-state index contributed by atoms with van der Waals surface area (Å²) >= 11 is 1.47. The molecule has 0 fully saturated rings. The first kappa shape index (κ1) is 17.5. The van der Waals surface area contributed by atoms with Crippen LogP contribution in [0.3, 0.4) is 0 Å². The Morgan fingerprint density at radius 1 is 1.04 bits per heavy atom. The van der Waals surface area contributed by atoms with Crippen LogP contribution in [-0.2, 0) is 5.75 Å². The Morgan fingerprint density at radius 2 is 1.85 bits per heavy atom. The minimum absolute atomic E-state index is 0.0693. The largest absolute Gasteiger partial charge is 0.360 e. The zero-order chi connectivity index (χ0) is 19.0. The molecule has 4 aromatic rings. The van der Waals surface area contributed by atoms with Crippen LogP contribution in [0.15, 0.2) is 63.0 Å². The first-order valence-electron chi connectivity index (χ1n) is 8.67. The highest BCUT2D eigenvalue weighted by atomic mass is 32.2. The predicted molar refractivity (Wildman–Crippen MR) is 108 cm³/mol. The number of rotatable bonds is 4. The molecule has 0 saturated carbocycles. The predicted octanol–water partition coefficient (Wildman–Crippen LogP) is 4.59. The summed E-state index contributed by atoms with van der Waals surface area (Å²) in [5.41, 5.74) is 4.60. The van der Waals surface area contributed by atoms with Gasteiger partial charge in [-0.3, -0.25) is 9.36 Å². The third kappa shape index (κ3) is 3.40. The van der Waals surface area contributed by atoms with E-state index in [0.717, 1.165) is 22.7 Å². The number of fused-ring (bicyclic) bond motifs is 1. The van der Waals surface area contributed by atoms with Gasteiger partial charge in [-0.25, -0.2) is 4.98 Å². The number of hydrogen-bond acceptors (Lipinski definition) is 5. The van der Waals surface area contributed by atoms with Crippen molar-refractivity contribution >= 4 is 22.7 Å². The number of aryl methyl sites for hydroxylation is 3. The number of hydrogen-bond donors (Lipinski definition) is 0. The van der Waals surface area contributed by atoms with E-state index in [0.29, 0.717) is 21.8 Å². The molecule has 0 aliphatic rings. The Kier molecular flexibility index (Phi) is 4.58. The molecule has 27 heavy (non-hydrogen) atoms. The van der Waals surface area contributed by atoms with Gasteiger partial charge in [0.05, 0.1) is 28.0 Å². The second-order valence-corrected chi connectivity index (χ2v) is 7.49. The van der Waals surface area contributed by atoms with E-state index in [2.05, 4.69) is 12.1 Å². The van der Waals surface area contributed by atoms with Crippen LogP contribution in [0.4, 0.5) is 0 Å². The van der Waals surface area contributed by atoms with Gasteiger partial charge in [-0.15, -0.1) is 0 Å². The van der Waals surface area contributed by atoms with Crippen molar-refractivity contribution in [2.45, 2.75) is 31.7 Å². The van der Waals surface area contributed by atoms with E-state index < -0.39 is 0 Å². The molecule has 2 aromatic heterocycles. The highest BCUT2D eigenvalue weighted by Gasteiger charge is 2.15. The Labute approximate surface area is 161 Å². The molecular formula is C21H19N3O2S. The topological polar surface area (TPSA) is 60.9 Å². The fraction of sp³-hybridized carbons (Fsp3) is 0.190. The van der Waals surface area contributed by atoms with Crippen molar-refractivity contribution in [1.29, 1.82) is 0 Å². The van der Waals surface area contributed by atoms with Gasteiger partial charge < -0.3 is 4.52 Å². The summed E-state index contributed by atoms with van der Waals surface area (Å²) in [6.45, 7) is 5.99. The molecule has 0 bridgehead atoms. The summed E-state index contributed by atoms with van der Waals surface area (Å²) in [7, 11) is 0. The normalized spacial score (nSPS) is 11.2. The van der Waals surface area contributed by atoms with Crippen LogP contribution in [0.5, 0.6) is 0 Å². The molecular weight excluding hydrogens is 358 g/mol. The smallest absolute Gasteiger partial charge is 0.266 e. The summed E-state index contributed by atoms with van der Waals surface area (Å²) in [5.74, 6) is 1.31. The lowest BCUT2D eigenvalue weighted by Crippen LogP contribution is -2.21. The van der Waals surface area contributed by atoms with Gasteiger partial charge in [0.15, 0.2) is 5.16 Å². The fourth-order valence-electron chi connectivity index (χ4n) is 2.92. The molecule has 0 amide bonds. The van der Waals surface area contributed by atoms with Crippen molar-refractivity contribution in [1.82, 2.24) is 14.7 Å². The molecule has 0 spiro atoms. The molecule has 0 N–H and O–H groups in total. The molecule has 0 aliphatic heterocycles. The summed E-state index contributed by atoms with van der Waals surface area (Å²) < 4.78 is 6.98. The average Bonchev–Trinajstić information content (AvgIpc) is 3.08. The van der Waals surface area contributed by atoms with Crippen LogP contribution in [0.1, 0.15) is 22.6 Å². The van der Waals surface area contributed by atoms with Crippen molar-refractivity contribution in [3.8, 4) is 5.69 Å². The van der Waals surface area contributed by atoms with Gasteiger partial charge in [-0.2, -0.15) is 0 Å². The van der Waals surface area contributed by atoms with Crippen LogP contribution in [-0.4, -0.2) is 14.7 Å². The van der Waals surface area contributed by atoms with E-state index >= 15 is 0 Å². The molecule has 0 radical (unpaired) electrons. The lowest BCUT2D eigenvalue weighted by molar-refractivity contribution is 0.391.